The summed E-state index contributed by atoms with van der Waals surface area (Å²) in [5, 5.41) is 15.3. The number of hydrogen-bond acceptors (Lipinski definition) is 4. The summed E-state index contributed by atoms with van der Waals surface area (Å²) in [6.45, 7) is 6.38. The van der Waals surface area contributed by atoms with E-state index in [0.29, 0.717) is 32.4 Å². The molecule has 0 bridgehead atoms. The van der Waals surface area contributed by atoms with Crippen LogP contribution in [0.15, 0.2) is 54.6 Å². The highest BCUT2D eigenvalue weighted by Crippen LogP contribution is 2.19. The molecule has 1 atom stereocenters. The summed E-state index contributed by atoms with van der Waals surface area (Å²) in [5.41, 5.74) is 2.79. The number of carbonyl (C=O) groups excluding carboxylic acids is 1. The van der Waals surface area contributed by atoms with E-state index in [4.69, 9.17) is 4.74 Å². The Morgan fingerprint density at radius 3 is 2.20 bits per heavy atom. The SMILES string of the molecule is CC(C)(C)OC(=O)NCCCCC(NCc1ccc(-c2ccccc2)cc1)C(=O)O. The minimum absolute atomic E-state index is 0.450. The first kappa shape index (κ1) is 23.4. The highest BCUT2D eigenvalue weighted by molar-refractivity contribution is 5.73. The van der Waals surface area contributed by atoms with Crippen LogP contribution in [0.25, 0.3) is 11.1 Å². The van der Waals surface area contributed by atoms with Gasteiger partial charge in [-0.2, -0.15) is 0 Å². The van der Waals surface area contributed by atoms with Gasteiger partial charge >= 0.3 is 12.1 Å². The Bertz CT molecular complexity index is 798. The predicted molar refractivity (Wildman–Crippen MR) is 118 cm³/mol. The highest BCUT2D eigenvalue weighted by atomic mass is 16.6. The molecule has 0 spiro atoms. The summed E-state index contributed by atoms with van der Waals surface area (Å²) in [7, 11) is 0. The first-order chi connectivity index (χ1) is 14.2. The maximum atomic E-state index is 11.6. The minimum atomic E-state index is -0.865. The van der Waals surface area contributed by atoms with Crippen molar-refractivity contribution in [3.8, 4) is 11.1 Å². The molecule has 0 saturated heterocycles. The van der Waals surface area contributed by atoms with Crippen LogP contribution in [0.3, 0.4) is 0 Å². The molecule has 1 amide bonds. The molecular formula is C24H32N2O4. The summed E-state index contributed by atoms with van der Waals surface area (Å²) in [4.78, 5) is 23.1. The van der Waals surface area contributed by atoms with Crippen LogP contribution in [0.5, 0.6) is 0 Å². The molecule has 0 aliphatic rings. The number of ether oxygens (including phenoxy) is 1. The van der Waals surface area contributed by atoms with Crippen LogP contribution >= 0.6 is 0 Å². The molecule has 1 unspecified atom stereocenters. The second-order valence-electron chi connectivity index (χ2n) is 8.26. The number of nitrogens with one attached hydrogen (secondary N) is 2. The largest absolute Gasteiger partial charge is 0.480 e. The molecular weight excluding hydrogens is 380 g/mol. The molecule has 2 aromatic carbocycles. The van der Waals surface area contributed by atoms with Gasteiger partial charge in [0.2, 0.25) is 0 Å². The number of carboxylic acids is 1. The van der Waals surface area contributed by atoms with E-state index in [1.54, 1.807) is 0 Å². The third-order valence-electron chi connectivity index (χ3n) is 4.50. The van der Waals surface area contributed by atoms with Gasteiger partial charge in [-0.1, -0.05) is 54.6 Å². The van der Waals surface area contributed by atoms with Crippen LogP contribution in [0.4, 0.5) is 4.79 Å². The average molecular weight is 413 g/mol. The normalized spacial score (nSPS) is 12.2. The summed E-state index contributed by atoms with van der Waals surface area (Å²) in [6, 6.07) is 17.6. The van der Waals surface area contributed by atoms with Crippen molar-refractivity contribution >= 4 is 12.1 Å². The van der Waals surface area contributed by atoms with Crippen molar-refractivity contribution in [1.29, 1.82) is 0 Å². The van der Waals surface area contributed by atoms with E-state index in [0.717, 1.165) is 16.7 Å². The maximum Gasteiger partial charge on any atom is 0.407 e. The molecule has 6 nitrogen and oxygen atoms in total. The first-order valence-electron chi connectivity index (χ1n) is 10.3. The Morgan fingerprint density at radius 2 is 1.60 bits per heavy atom. The van der Waals surface area contributed by atoms with Crippen molar-refractivity contribution in [2.24, 2.45) is 0 Å². The van der Waals surface area contributed by atoms with E-state index in [-0.39, 0.29) is 0 Å². The van der Waals surface area contributed by atoms with Gasteiger partial charge in [-0.3, -0.25) is 4.79 Å². The lowest BCUT2D eigenvalue weighted by molar-refractivity contribution is -0.139. The minimum Gasteiger partial charge on any atom is -0.480 e. The van der Waals surface area contributed by atoms with Crippen LogP contribution < -0.4 is 10.6 Å². The van der Waals surface area contributed by atoms with Gasteiger partial charge in [-0.15, -0.1) is 0 Å². The highest BCUT2D eigenvalue weighted by Gasteiger charge is 2.17. The topological polar surface area (TPSA) is 87.7 Å². The molecule has 0 heterocycles. The fraction of sp³-hybridized carbons (Fsp3) is 0.417. The number of aliphatic carboxylic acids is 1. The molecule has 30 heavy (non-hydrogen) atoms. The van der Waals surface area contributed by atoms with Crippen LogP contribution in [-0.2, 0) is 16.1 Å². The summed E-state index contributed by atoms with van der Waals surface area (Å²) in [6.07, 6.45) is 1.42. The number of amides is 1. The van der Waals surface area contributed by atoms with E-state index in [9.17, 15) is 14.7 Å². The van der Waals surface area contributed by atoms with Gasteiger partial charge in [0.25, 0.3) is 0 Å². The smallest absolute Gasteiger partial charge is 0.407 e. The second kappa shape index (κ2) is 11.4. The number of rotatable bonds is 10. The second-order valence-corrected chi connectivity index (χ2v) is 8.26. The number of unbranched alkanes of at least 4 members (excludes halogenated alkanes) is 1. The predicted octanol–water partition coefficient (Wildman–Crippen LogP) is 4.59. The van der Waals surface area contributed by atoms with Crippen LogP contribution in [0.1, 0.15) is 45.6 Å². The van der Waals surface area contributed by atoms with Gasteiger partial charge in [0.1, 0.15) is 11.6 Å². The fourth-order valence-corrected chi connectivity index (χ4v) is 2.98. The monoisotopic (exact) mass is 412 g/mol. The summed E-state index contributed by atoms with van der Waals surface area (Å²) >= 11 is 0. The lowest BCUT2D eigenvalue weighted by atomic mass is 10.0. The number of alkyl carbamates (subject to hydrolysis) is 1. The van der Waals surface area contributed by atoms with Crippen molar-refractivity contribution in [2.75, 3.05) is 6.54 Å². The maximum absolute atomic E-state index is 11.6. The van der Waals surface area contributed by atoms with Gasteiger partial charge in [0.05, 0.1) is 0 Å². The number of hydrogen-bond donors (Lipinski definition) is 3. The Morgan fingerprint density at radius 1 is 0.967 bits per heavy atom. The fourth-order valence-electron chi connectivity index (χ4n) is 2.98. The van der Waals surface area contributed by atoms with Crippen molar-refractivity contribution in [1.82, 2.24) is 10.6 Å². The van der Waals surface area contributed by atoms with Crippen molar-refractivity contribution < 1.29 is 19.4 Å². The Hall–Kier alpha value is -2.86. The number of benzene rings is 2. The van der Waals surface area contributed by atoms with Gasteiger partial charge < -0.3 is 20.5 Å². The third-order valence-corrected chi connectivity index (χ3v) is 4.50. The Kier molecular flexibility index (Phi) is 8.87. The quantitative estimate of drug-likeness (QED) is 0.497. The number of carboxylic acid groups (broad SMARTS) is 1. The lowest BCUT2D eigenvalue weighted by Gasteiger charge is -2.19. The third kappa shape index (κ3) is 8.66. The van der Waals surface area contributed by atoms with E-state index >= 15 is 0 Å². The molecule has 2 rings (SSSR count). The number of carbonyl (C=O) groups is 2. The van der Waals surface area contributed by atoms with Gasteiger partial charge in [0.15, 0.2) is 0 Å². The molecule has 6 heteroatoms. The molecule has 162 valence electrons. The Labute approximate surface area is 178 Å². The Balaban J connectivity index is 1.73. The van der Waals surface area contributed by atoms with Crippen LogP contribution in [0.2, 0.25) is 0 Å². The average Bonchev–Trinajstić information content (AvgIpc) is 2.69. The van der Waals surface area contributed by atoms with Gasteiger partial charge in [-0.25, -0.2) is 4.79 Å². The molecule has 0 aliphatic carbocycles. The molecule has 0 aromatic heterocycles. The molecule has 0 saturated carbocycles. The van der Waals surface area contributed by atoms with E-state index < -0.39 is 23.7 Å². The molecule has 3 N–H and O–H groups in total. The standard InChI is InChI=1S/C24H32N2O4/c1-24(2,3)30-23(29)25-16-8-7-11-21(22(27)28)26-17-18-12-14-20(15-13-18)19-9-5-4-6-10-19/h4-6,9-10,12-15,21,26H,7-8,11,16-17H2,1-3H3,(H,25,29)(H,27,28). The first-order valence-corrected chi connectivity index (χ1v) is 10.3. The van der Waals surface area contributed by atoms with Crippen molar-refractivity contribution in [3.05, 3.63) is 60.2 Å². The molecule has 0 fully saturated rings. The molecule has 0 radical (unpaired) electrons. The van der Waals surface area contributed by atoms with Gasteiger partial charge in [0, 0.05) is 13.1 Å². The zero-order valence-electron chi connectivity index (χ0n) is 18.0. The summed E-state index contributed by atoms with van der Waals surface area (Å²) < 4.78 is 5.17. The molecule has 0 aliphatic heterocycles. The van der Waals surface area contributed by atoms with Crippen molar-refractivity contribution in [3.63, 3.8) is 0 Å². The van der Waals surface area contributed by atoms with E-state index in [1.165, 1.54) is 0 Å². The molecule has 2 aromatic rings. The zero-order chi connectivity index (χ0) is 22.0. The van der Waals surface area contributed by atoms with Crippen LogP contribution in [-0.4, -0.2) is 35.4 Å². The summed E-state index contributed by atoms with van der Waals surface area (Å²) in [5.74, 6) is -0.865. The van der Waals surface area contributed by atoms with Gasteiger partial charge in [-0.05, 0) is 56.7 Å². The lowest BCUT2D eigenvalue weighted by Crippen LogP contribution is -2.36. The van der Waals surface area contributed by atoms with Crippen molar-refractivity contribution in [2.45, 2.75) is 58.2 Å². The van der Waals surface area contributed by atoms with Crippen LogP contribution in [0, 0.1) is 0 Å². The van der Waals surface area contributed by atoms with E-state index in [2.05, 4.69) is 22.8 Å². The zero-order valence-corrected chi connectivity index (χ0v) is 18.0. The van der Waals surface area contributed by atoms with E-state index in [1.807, 2.05) is 63.2 Å².